The lowest BCUT2D eigenvalue weighted by Gasteiger charge is -2.13. The SMILES string of the molecule is CC(C)Nc1nc(NCc2ccco2)c2cc(Cl)ccc2n1. The molecule has 0 saturated carbocycles. The average Bonchev–Trinajstić information content (AvgIpc) is 2.98. The first kappa shape index (κ1) is 14.7. The molecule has 0 aliphatic carbocycles. The molecule has 6 heteroatoms. The quantitative estimate of drug-likeness (QED) is 0.734. The predicted octanol–water partition coefficient (Wildman–Crippen LogP) is 4.31. The van der Waals surface area contributed by atoms with E-state index >= 15 is 0 Å². The van der Waals surface area contributed by atoms with Crippen molar-refractivity contribution >= 4 is 34.3 Å². The summed E-state index contributed by atoms with van der Waals surface area (Å²) >= 11 is 6.10. The van der Waals surface area contributed by atoms with Crippen LogP contribution in [-0.2, 0) is 6.54 Å². The normalized spacial score (nSPS) is 11.1. The highest BCUT2D eigenvalue weighted by molar-refractivity contribution is 6.31. The van der Waals surface area contributed by atoms with E-state index in [1.54, 1.807) is 6.26 Å². The van der Waals surface area contributed by atoms with Crippen molar-refractivity contribution in [2.24, 2.45) is 0 Å². The predicted molar refractivity (Wildman–Crippen MR) is 89.3 cm³/mol. The Morgan fingerprint density at radius 2 is 2.09 bits per heavy atom. The summed E-state index contributed by atoms with van der Waals surface area (Å²) in [6, 6.07) is 9.60. The molecule has 0 bridgehead atoms. The second-order valence-electron chi connectivity index (χ2n) is 5.29. The molecule has 1 aromatic carbocycles. The topological polar surface area (TPSA) is 63.0 Å². The number of benzene rings is 1. The maximum absolute atomic E-state index is 6.10. The summed E-state index contributed by atoms with van der Waals surface area (Å²) in [6.45, 7) is 4.64. The van der Waals surface area contributed by atoms with Gasteiger partial charge in [0, 0.05) is 16.5 Å². The van der Waals surface area contributed by atoms with Gasteiger partial charge < -0.3 is 15.1 Å². The number of fused-ring (bicyclic) bond motifs is 1. The van der Waals surface area contributed by atoms with Crippen molar-refractivity contribution in [2.45, 2.75) is 26.4 Å². The number of nitrogens with zero attached hydrogens (tertiary/aromatic N) is 2. The van der Waals surface area contributed by atoms with Crippen molar-refractivity contribution in [3.05, 3.63) is 47.4 Å². The minimum Gasteiger partial charge on any atom is -0.467 e. The molecule has 0 amide bonds. The van der Waals surface area contributed by atoms with Gasteiger partial charge >= 0.3 is 0 Å². The van der Waals surface area contributed by atoms with E-state index in [0.717, 1.165) is 22.5 Å². The van der Waals surface area contributed by atoms with Crippen molar-refractivity contribution in [2.75, 3.05) is 10.6 Å². The van der Waals surface area contributed by atoms with Gasteiger partial charge in [-0.1, -0.05) is 11.6 Å². The molecule has 0 saturated heterocycles. The third kappa shape index (κ3) is 3.31. The van der Waals surface area contributed by atoms with Crippen LogP contribution in [0.5, 0.6) is 0 Å². The fraction of sp³-hybridized carbons (Fsp3) is 0.250. The van der Waals surface area contributed by atoms with Crippen LogP contribution < -0.4 is 10.6 Å². The highest BCUT2D eigenvalue weighted by Gasteiger charge is 2.09. The Morgan fingerprint density at radius 1 is 1.23 bits per heavy atom. The van der Waals surface area contributed by atoms with Crippen LogP contribution in [0, 0.1) is 0 Å². The van der Waals surface area contributed by atoms with Gasteiger partial charge in [0.25, 0.3) is 0 Å². The molecule has 0 unspecified atom stereocenters. The first-order valence-corrected chi connectivity index (χ1v) is 7.50. The molecule has 2 N–H and O–H groups in total. The molecule has 0 aliphatic heterocycles. The summed E-state index contributed by atoms with van der Waals surface area (Å²) < 4.78 is 5.34. The third-order valence-corrected chi connectivity index (χ3v) is 3.32. The molecule has 2 heterocycles. The van der Waals surface area contributed by atoms with E-state index in [1.807, 2.05) is 44.2 Å². The van der Waals surface area contributed by atoms with Crippen molar-refractivity contribution in [1.82, 2.24) is 9.97 Å². The first-order valence-electron chi connectivity index (χ1n) is 7.12. The van der Waals surface area contributed by atoms with Crippen LogP contribution in [-0.4, -0.2) is 16.0 Å². The first-order chi connectivity index (χ1) is 10.6. The van der Waals surface area contributed by atoms with Gasteiger partial charge in [-0.15, -0.1) is 0 Å². The van der Waals surface area contributed by atoms with Crippen molar-refractivity contribution in [3.63, 3.8) is 0 Å². The zero-order valence-corrected chi connectivity index (χ0v) is 13.2. The smallest absolute Gasteiger partial charge is 0.225 e. The molecule has 22 heavy (non-hydrogen) atoms. The monoisotopic (exact) mass is 316 g/mol. The van der Waals surface area contributed by atoms with Crippen LogP contribution in [0.2, 0.25) is 5.02 Å². The summed E-state index contributed by atoms with van der Waals surface area (Å²) in [5.74, 6) is 2.16. The Kier molecular flexibility index (Phi) is 4.15. The summed E-state index contributed by atoms with van der Waals surface area (Å²) in [6.07, 6.45) is 1.65. The molecule has 0 radical (unpaired) electrons. The highest BCUT2D eigenvalue weighted by atomic mass is 35.5. The highest BCUT2D eigenvalue weighted by Crippen LogP contribution is 2.26. The molecule has 2 aromatic heterocycles. The van der Waals surface area contributed by atoms with Gasteiger partial charge in [-0.3, -0.25) is 0 Å². The van der Waals surface area contributed by atoms with E-state index in [1.165, 1.54) is 0 Å². The maximum atomic E-state index is 6.10. The Hall–Kier alpha value is -2.27. The largest absolute Gasteiger partial charge is 0.467 e. The Morgan fingerprint density at radius 3 is 2.82 bits per heavy atom. The summed E-state index contributed by atoms with van der Waals surface area (Å²) in [5, 5.41) is 8.05. The number of nitrogens with one attached hydrogen (secondary N) is 2. The fourth-order valence-electron chi connectivity index (χ4n) is 2.14. The van der Waals surface area contributed by atoms with E-state index in [-0.39, 0.29) is 6.04 Å². The molecule has 3 rings (SSSR count). The molecular formula is C16H17ClN4O. The zero-order valence-electron chi connectivity index (χ0n) is 12.4. The van der Waals surface area contributed by atoms with Gasteiger partial charge in [-0.05, 0) is 44.2 Å². The van der Waals surface area contributed by atoms with E-state index in [0.29, 0.717) is 17.5 Å². The second kappa shape index (κ2) is 6.23. The van der Waals surface area contributed by atoms with Crippen LogP contribution in [0.3, 0.4) is 0 Å². The molecule has 0 spiro atoms. The summed E-state index contributed by atoms with van der Waals surface area (Å²) in [7, 11) is 0. The molecule has 114 valence electrons. The molecular weight excluding hydrogens is 300 g/mol. The number of halogens is 1. The Labute approximate surface area is 133 Å². The zero-order chi connectivity index (χ0) is 15.5. The van der Waals surface area contributed by atoms with E-state index in [9.17, 15) is 0 Å². The Bertz CT molecular complexity index is 771. The number of hydrogen-bond donors (Lipinski definition) is 2. The lowest BCUT2D eigenvalue weighted by Crippen LogP contribution is -2.14. The van der Waals surface area contributed by atoms with Gasteiger partial charge in [0.05, 0.1) is 18.3 Å². The van der Waals surface area contributed by atoms with Gasteiger partial charge in [0.2, 0.25) is 5.95 Å². The van der Waals surface area contributed by atoms with Crippen molar-refractivity contribution in [3.8, 4) is 0 Å². The number of rotatable bonds is 5. The standard InChI is InChI=1S/C16H17ClN4O/c1-10(2)19-16-20-14-6-5-11(17)8-13(14)15(21-16)18-9-12-4-3-7-22-12/h3-8,10H,9H2,1-2H3,(H2,18,19,20,21). The minimum atomic E-state index is 0.252. The van der Waals surface area contributed by atoms with Crippen molar-refractivity contribution < 1.29 is 4.42 Å². The lowest BCUT2D eigenvalue weighted by atomic mass is 10.2. The van der Waals surface area contributed by atoms with Gasteiger partial charge in [0.15, 0.2) is 0 Å². The average molecular weight is 317 g/mol. The molecule has 5 nitrogen and oxygen atoms in total. The van der Waals surface area contributed by atoms with Gasteiger partial charge in [0.1, 0.15) is 11.6 Å². The molecule has 0 aliphatic rings. The number of hydrogen-bond acceptors (Lipinski definition) is 5. The van der Waals surface area contributed by atoms with Crippen LogP contribution in [0.25, 0.3) is 10.9 Å². The van der Waals surface area contributed by atoms with Crippen LogP contribution >= 0.6 is 11.6 Å². The van der Waals surface area contributed by atoms with Gasteiger partial charge in [-0.2, -0.15) is 4.98 Å². The number of anilines is 2. The van der Waals surface area contributed by atoms with E-state index in [4.69, 9.17) is 16.0 Å². The maximum Gasteiger partial charge on any atom is 0.225 e. The number of aromatic nitrogens is 2. The summed E-state index contributed by atoms with van der Waals surface area (Å²) in [4.78, 5) is 9.07. The third-order valence-electron chi connectivity index (χ3n) is 3.09. The lowest BCUT2D eigenvalue weighted by molar-refractivity contribution is 0.518. The van der Waals surface area contributed by atoms with Gasteiger partial charge in [-0.25, -0.2) is 4.98 Å². The molecule has 3 aromatic rings. The van der Waals surface area contributed by atoms with Crippen LogP contribution in [0.1, 0.15) is 19.6 Å². The van der Waals surface area contributed by atoms with E-state index < -0.39 is 0 Å². The summed E-state index contributed by atoms with van der Waals surface area (Å²) in [5.41, 5.74) is 0.837. The van der Waals surface area contributed by atoms with Crippen LogP contribution in [0.4, 0.5) is 11.8 Å². The Balaban J connectivity index is 1.98. The fourth-order valence-corrected chi connectivity index (χ4v) is 2.31. The van der Waals surface area contributed by atoms with Crippen LogP contribution in [0.15, 0.2) is 41.0 Å². The van der Waals surface area contributed by atoms with E-state index in [2.05, 4.69) is 20.6 Å². The molecule has 0 atom stereocenters. The number of furan rings is 1. The van der Waals surface area contributed by atoms with Crippen molar-refractivity contribution in [1.29, 1.82) is 0 Å². The molecule has 0 fully saturated rings. The second-order valence-corrected chi connectivity index (χ2v) is 5.73. The minimum absolute atomic E-state index is 0.252.